The fourth-order valence-corrected chi connectivity index (χ4v) is 9.75. The van der Waals surface area contributed by atoms with Gasteiger partial charge in [-0.1, -0.05) is 106 Å². The summed E-state index contributed by atoms with van der Waals surface area (Å²) in [6, 6.07) is 30.2. The highest BCUT2D eigenvalue weighted by Gasteiger charge is 2.50. The summed E-state index contributed by atoms with van der Waals surface area (Å²) in [5.74, 6) is -0.627. The molecule has 0 aliphatic heterocycles. The zero-order chi connectivity index (χ0) is 33.1. The predicted molar refractivity (Wildman–Crippen MR) is 183 cm³/mol. The minimum atomic E-state index is -2.54. The maximum atomic E-state index is 12.0. The molecule has 2 atom stereocenters. The Morgan fingerprint density at radius 2 is 1.42 bits per heavy atom. The van der Waals surface area contributed by atoms with Gasteiger partial charge in [0, 0.05) is 19.2 Å². The van der Waals surface area contributed by atoms with Gasteiger partial charge in [0.2, 0.25) is 5.91 Å². The minimum absolute atomic E-state index is 0.0616. The first-order chi connectivity index (χ1) is 21.6. The first-order valence-electron chi connectivity index (χ1n) is 15.4. The van der Waals surface area contributed by atoms with E-state index in [0.29, 0.717) is 32.3 Å². The number of para-hydroxylation sites is 1. The van der Waals surface area contributed by atoms with Crippen LogP contribution in [0, 0.1) is 0 Å². The lowest BCUT2D eigenvalue weighted by Gasteiger charge is -2.43. The van der Waals surface area contributed by atoms with Crippen molar-refractivity contribution in [3.8, 4) is 0 Å². The van der Waals surface area contributed by atoms with E-state index < -0.39 is 26.4 Å². The van der Waals surface area contributed by atoms with Crippen molar-refractivity contribution in [2.45, 2.75) is 76.5 Å². The van der Waals surface area contributed by atoms with Gasteiger partial charge in [0.15, 0.2) is 0 Å². The van der Waals surface area contributed by atoms with E-state index in [1.54, 1.807) is 17.6 Å². The number of carbonyl (C=O) groups excluding carboxylic acids is 2. The molecule has 9 heteroatoms. The Morgan fingerprint density at radius 3 is 1.89 bits per heavy atom. The van der Waals surface area contributed by atoms with E-state index in [1.165, 1.54) is 17.5 Å². The van der Waals surface area contributed by atoms with Crippen LogP contribution in [0.5, 0.6) is 0 Å². The van der Waals surface area contributed by atoms with Gasteiger partial charge in [0.1, 0.15) is 6.10 Å². The molecule has 0 aromatic heterocycles. The Labute approximate surface area is 269 Å². The van der Waals surface area contributed by atoms with E-state index in [1.807, 2.05) is 36.4 Å². The third-order valence-corrected chi connectivity index (χ3v) is 12.5. The summed E-state index contributed by atoms with van der Waals surface area (Å²) >= 11 is 0. The average Bonchev–Trinajstić information content (AvgIpc) is 3.05. The SMILES string of the molecule is C=CCC[C@@H](O)CO[Si](c1ccccc1)(c1ccccc1)C(C)(C)C.CO[C@H](CCCCC(=O)NO)C(=O)Nc1ccccc1. The zero-order valence-electron chi connectivity index (χ0n) is 27.1. The molecular weight excluding hydrogens is 584 g/mol. The number of rotatable bonds is 16. The molecule has 3 aromatic rings. The molecule has 0 heterocycles. The normalized spacial score (nSPS) is 12.7. The standard InChI is InChI=1S/C22H30O2Si.C14H20N2O4/c1-5-6-13-19(23)18-24-25(22(2,3)4,20-14-9-7-10-15-20)21-16-11-8-12-17-21;1-20-12(9-5-6-10-13(17)16-19)14(18)15-11-7-3-2-4-8-11/h5,7-12,14-17,19,23H,1,6,13,18H2,2-4H3;2-4,7-8,12,19H,5-6,9-10H2,1H3,(H,15,18)(H,16,17)/t19-;12-/m11/s1. The van der Waals surface area contributed by atoms with E-state index in [4.69, 9.17) is 14.4 Å². The van der Waals surface area contributed by atoms with Gasteiger partial charge in [-0.05, 0) is 59.6 Å². The monoisotopic (exact) mass is 634 g/mol. The lowest BCUT2D eigenvalue weighted by Crippen LogP contribution is -2.67. The van der Waals surface area contributed by atoms with Crippen molar-refractivity contribution in [2.75, 3.05) is 19.0 Å². The maximum absolute atomic E-state index is 12.0. The van der Waals surface area contributed by atoms with Crippen LogP contribution in [-0.4, -0.2) is 56.4 Å². The third kappa shape index (κ3) is 12.0. The van der Waals surface area contributed by atoms with Crippen LogP contribution in [0.4, 0.5) is 5.69 Å². The maximum Gasteiger partial charge on any atom is 0.261 e. The summed E-state index contributed by atoms with van der Waals surface area (Å²) in [6.07, 6.45) is 4.30. The van der Waals surface area contributed by atoms with Crippen molar-refractivity contribution in [1.29, 1.82) is 0 Å². The number of methoxy groups -OCH3 is 1. The first kappa shape index (κ1) is 37.6. The van der Waals surface area contributed by atoms with E-state index in [0.717, 1.165) is 12.1 Å². The van der Waals surface area contributed by atoms with Crippen molar-refractivity contribution in [3.05, 3.63) is 104 Å². The topological polar surface area (TPSA) is 117 Å². The molecule has 0 saturated heterocycles. The number of allylic oxidation sites excluding steroid dienone is 1. The highest BCUT2D eigenvalue weighted by Crippen LogP contribution is 2.36. The second-order valence-electron chi connectivity index (χ2n) is 11.9. The Kier molecular flexibility index (Phi) is 16.5. The van der Waals surface area contributed by atoms with Crippen molar-refractivity contribution in [1.82, 2.24) is 5.48 Å². The number of ether oxygens (including phenoxy) is 1. The lowest BCUT2D eigenvalue weighted by atomic mass is 10.1. The number of nitrogens with one attached hydrogen (secondary N) is 2. The molecule has 0 fully saturated rings. The van der Waals surface area contributed by atoms with Crippen LogP contribution in [0.3, 0.4) is 0 Å². The lowest BCUT2D eigenvalue weighted by molar-refractivity contribution is -0.129. The number of hydroxylamine groups is 1. The summed E-state index contributed by atoms with van der Waals surface area (Å²) in [5.41, 5.74) is 2.29. The second kappa shape index (κ2) is 19.7. The molecule has 4 N–H and O–H groups in total. The molecule has 0 radical (unpaired) electrons. The number of aliphatic hydroxyl groups excluding tert-OH is 1. The second-order valence-corrected chi connectivity index (χ2v) is 16.2. The van der Waals surface area contributed by atoms with Crippen LogP contribution < -0.4 is 21.2 Å². The number of aliphatic hydroxyl groups is 1. The Bertz CT molecular complexity index is 1230. The van der Waals surface area contributed by atoms with Crippen LogP contribution in [0.25, 0.3) is 0 Å². The van der Waals surface area contributed by atoms with Crippen LogP contribution in [0.1, 0.15) is 59.3 Å². The van der Waals surface area contributed by atoms with Crippen LogP contribution >= 0.6 is 0 Å². The van der Waals surface area contributed by atoms with Gasteiger partial charge in [-0.2, -0.15) is 0 Å². The van der Waals surface area contributed by atoms with Crippen molar-refractivity contribution in [3.63, 3.8) is 0 Å². The fourth-order valence-electron chi connectivity index (χ4n) is 5.15. The van der Waals surface area contributed by atoms with E-state index in [2.05, 4.69) is 81.2 Å². The van der Waals surface area contributed by atoms with Gasteiger partial charge in [-0.15, -0.1) is 6.58 Å². The molecule has 244 valence electrons. The average molecular weight is 635 g/mol. The van der Waals surface area contributed by atoms with Crippen molar-refractivity contribution in [2.24, 2.45) is 0 Å². The molecule has 45 heavy (non-hydrogen) atoms. The molecule has 8 nitrogen and oxygen atoms in total. The number of carbonyl (C=O) groups is 2. The summed E-state index contributed by atoms with van der Waals surface area (Å²) in [5, 5.41) is 23.9. The van der Waals surface area contributed by atoms with Gasteiger partial charge in [0.05, 0.1) is 12.7 Å². The van der Waals surface area contributed by atoms with Gasteiger partial charge in [0.25, 0.3) is 14.2 Å². The predicted octanol–water partition coefficient (Wildman–Crippen LogP) is 5.60. The summed E-state index contributed by atoms with van der Waals surface area (Å²) < 4.78 is 11.8. The van der Waals surface area contributed by atoms with Gasteiger partial charge >= 0.3 is 0 Å². The van der Waals surface area contributed by atoms with E-state index in [9.17, 15) is 14.7 Å². The number of unbranched alkanes of at least 4 members (excludes halogenated alkanes) is 1. The largest absolute Gasteiger partial charge is 0.405 e. The minimum Gasteiger partial charge on any atom is -0.405 e. The van der Waals surface area contributed by atoms with Gasteiger partial charge in [-0.25, -0.2) is 5.48 Å². The van der Waals surface area contributed by atoms with Crippen molar-refractivity contribution >= 4 is 36.2 Å². The molecule has 0 aliphatic rings. The molecular formula is C36H50N2O6Si. The van der Waals surface area contributed by atoms with Gasteiger partial charge in [-0.3, -0.25) is 14.8 Å². The highest BCUT2D eigenvalue weighted by molar-refractivity contribution is 6.99. The first-order valence-corrected chi connectivity index (χ1v) is 17.4. The molecule has 3 aromatic carbocycles. The fraction of sp³-hybridized carbons (Fsp3) is 0.389. The van der Waals surface area contributed by atoms with E-state index >= 15 is 0 Å². The number of benzene rings is 3. The van der Waals surface area contributed by atoms with Gasteiger partial charge < -0.3 is 19.6 Å². The van der Waals surface area contributed by atoms with Crippen LogP contribution in [0.15, 0.2) is 104 Å². The Balaban J connectivity index is 0.000000322. The third-order valence-electron chi connectivity index (χ3n) is 7.48. The number of hydrogen-bond acceptors (Lipinski definition) is 6. The van der Waals surface area contributed by atoms with E-state index in [-0.39, 0.29) is 17.4 Å². The van der Waals surface area contributed by atoms with Crippen LogP contribution in [-0.2, 0) is 18.8 Å². The summed E-state index contributed by atoms with van der Waals surface area (Å²) in [7, 11) is -1.06. The smallest absolute Gasteiger partial charge is 0.261 e. The molecule has 0 bridgehead atoms. The zero-order valence-corrected chi connectivity index (χ0v) is 28.1. The highest BCUT2D eigenvalue weighted by atomic mass is 28.4. The molecule has 0 unspecified atom stereocenters. The molecule has 0 spiro atoms. The number of anilines is 1. The molecule has 3 rings (SSSR count). The Hall–Kier alpha value is -3.60. The Morgan fingerprint density at radius 1 is 0.889 bits per heavy atom. The number of hydrogen-bond donors (Lipinski definition) is 4. The molecule has 2 amide bonds. The molecule has 0 aliphatic carbocycles. The quantitative estimate of drug-likeness (QED) is 0.0536. The summed E-state index contributed by atoms with van der Waals surface area (Å²) in [4.78, 5) is 22.8. The van der Waals surface area contributed by atoms with Crippen LogP contribution in [0.2, 0.25) is 5.04 Å². The number of amides is 2. The summed E-state index contributed by atoms with van der Waals surface area (Å²) in [6.45, 7) is 10.8. The van der Waals surface area contributed by atoms with Crippen molar-refractivity contribution < 1.29 is 29.1 Å². The molecule has 0 saturated carbocycles.